The molecule has 1 amide bonds. The normalized spacial score (nSPS) is 10.1. The van der Waals surface area contributed by atoms with E-state index in [1.807, 2.05) is 19.1 Å². The van der Waals surface area contributed by atoms with E-state index in [-0.39, 0.29) is 12.5 Å². The van der Waals surface area contributed by atoms with E-state index in [0.29, 0.717) is 13.0 Å². The van der Waals surface area contributed by atoms with Gasteiger partial charge in [-0.3, -0.25) is 9.78 Å². The fourth-order valence-corrected chi connectivity index (χ4v) is 1.26. The number of carbonyl (C=O) groups is 1. The van der Waals surface area contributed by atoms with Crippen LogP contribution >= 0.6 is 0 Å². The molecule has 0 aliphatic heterocycles. The van der Waals surface area contributed by atoms with Gasteiger partial charge in [0.25, 0.3) is 0 Å². The molecular formula is C11H16N2O2. The van der Waals surface area contributed by atoms with Crippen LogP contribution < -0.4 is 0 Å². The number of hydrogen-bond acceptors (Lipinski definition) is 3. The van der Waals surface area contributed by atoms with Crippen LogP contribution in [0.25, 0.3) is 0 Å². The fraction of sp³-hybridized carbons (Fsp3) is 0.455. The highest BCUT2D eigenvalue weighted by atomic mass is 16.3. The Hall–Kier alpha value is -1.42. The molecule has 0 atom stereocenters. The Bertz CT molecular complexity index is 339. The number of hydrogen-bond donors (Lipinski definition) is 1. The number of aliphatic hydroxyl groups is 1. The quantitative estimate of drug-likeness (QED) is 0.778. The predicted molar refractivity (Wildman–Crippen MR) is 57.4 cm³/mol. The molecule has 0 radical (unpaired) electrons. The molecule has 0 aliphatic carbocycles. The van der Waals surface area contributed by atoms with Crippen molar-refractivity contribution in [1.82, 2.24) is 9.88 Å². The van der Waals surface area contributed by atoms with E-state index < -0.39 is 0 Å². The van der Waals surface area contributed by atoms with E-state index in [1.165, 1.54) is 4.90 Å². The van der Waals surface area contributed by atoms with Crippen molar-refractivity contribution < 1.29 is 9.90 Å². The minimum atomic E-state index is -0.0224. The Balaban J connectivity index is 2.62. The SMILES string of the molecule is Cc1cccnc1CC(=O)N(C)CCO. The predicted octanol–water partition coefficient (Wildman–Crippen LogP) is 0.383. The first-order chi connectivity index (χ1) is 7.15. The summed E-state index contributed by atoms with van der Waals surface area (Å²) >= 11 is 0. The average molecular weight is 208 g/mol. The lowest BCUT2D eigenvalue weighted by molar-refractivity contribution is -0.129. The van der Waals surface area contributed by atoms with E-state index in [4.69, 9.17) is 5.11 Å². The van der Waals surface area contributed by atoms with Crippen molar-refractivity contribution in [2.24, 2.45) is 0 Å². The zero-order valence-corrected chi connectivity index (χ0v) is 9.10. The molecule has 1 aromatic heterocycles. The Morgan fingerprint density at radius 1 is 1.60 bits per heavy atom. The van der Waals surface area contributed by atoms with Gasteiger partial charge < -0.3 is 10.0 Å². The maximum Gasteiger partial charge on any atom is 0.228 e. The summed E-state index contributed by atoms with van der Waals surface area (Å²) < 4.78 is 0. The third kappa shape index (κ3) is 3.32. The smallest absolute Gasteiger partial charge is 0.228 e. The van der Waals surface area contributed by atoms with Gasteiger partial charge in [0.1, 0.15) is 0 Å². The largest absolute Gasteiger partial charge is 0.395 e. The molecule has 15 heavy (non-hydrogen) atoms. The molecule has 1 N–H and O–H groups in total. The molecule has 0 aromatic carbocycles. The van der Waals surface area contributed by atoms with E-state index >= 15 is 0 Å². The number of nitrogens with zero attached hydrogens (tertiary/aromatic N) is 2. The van der Waals surface area contributed by atoms with E-state index in [2.05, 4.69) is 4.98 Å². The molecule has 0 unspecified atom stereocenters. The van der Waals surface area contributed by atoms with Gasteiger partial charge in [0, 0.05) is 19.8 Å². The van der Waals surface area contributed by atoms with Crippen LogP contribution in [-0.4, -0.2) is 41.1 Å². The minimum Gasteiger partial charge on any atom is -0.395 e. The van der Waals surface area contributed by atoms with Crippen molar-refractivity contribution in [1.29, 1.82) is 0 Å². The first kappa shape index (κ1) is 11.7. The van der Waals surface area contributed by atoms with Crippen molar-refractivity contribution in [3.05, 3.63) is 29.6 Å². The third-order valence-corrected chi connectivity index (χ3v) is 2.30. The number of rotatable bonds is 4. The number of aryl methyl sites for hydroxylation is 1. The van der Waals surface area contributed by atoms with Crippen LogP contribution in [-0.2, 0) is 11.2 Å². The van der Waals surface area contributed by atoms with Gasteiger partial charge in [-0.05, 0) is 18.6 Å². The van der Waals surface area contributed by atoms with Gasteiger partial charge in [-0.25, -0.2) is 0 Å². The number of amides is 1. The van der Waals surface area contributed by atoms with Crippen molar-refractivity contribution in [2.45, 2.75) is 13.3 Å². The van der Waals surface area contributed by atoms with Crippen LogP contribution in [0.1, 0.15) is 11.3 Å². The van der Waals surface area contributed by atoms with Gasteiger partial charge in [0.15, 0.2) is 0 Å². The highest BCUT2D eigenvalue weighted by molar-refractivity contribution is 5.78. The van der Waals surface area contributed by atoms with Crippen LogP contribution in [0.4, 0.5) is 0 Å². The number of aliphatic hydroxyl groups excluding tert-OH is 1. The Morgan fingerprint density at radius 3 is 2.93 bits per heavy atom. The van der Waals surface area contributed by atoms with Crippen molar-refractivity contribution >= 4 is 5.91 Å². The molecule has 0 saturated heterocycles. The second kappa shape index (κ2) is 5.46. The van der Waals surface area contributed by atoms with Crippen LogP contribution in [0.2, 0.25) is 0 Å². The zero-order valence-electron chi connectivity index (χ0n) is 9.10. The monoisotopic (exact) mass is 208 g/mol. The van der Waals surface area contributed by atoms with E-state index in [9.17, 15) is 4.79 Å². The highest BCUT2D eigenvalue weighted by Gasteiger charge is 2.10. The second-order valence-corrected chi connectivity index (χ2v) is 3.48. The summed E-state index contributed by atoms with van der Waals surface area (Å²) in [6.45, 7) is 2.29. The molecule has 0 fully saturated rings. The van der Waals surface area contributed by atoms with Gasteiger partial charge in [0.05, 0.1) is 18.7 Å². The molecule has 0 spiro atoms. The summed E-state index contributed by atoms with van der Waals surface area (Å²) in [6, 6.07) is 3.78. The summed E-state index contributed by atoms with van der Waals surface area (Å²) in [7, 11) is 1.68. The van der Waals surface area contributed by atoms with Gasteiger partial charge in [-0.15, -0.1) is 0 Å². The molecule has 4 nitrogen and oxygen atoms in total. The Kier molecular flexibility index (Phi) is 4.24. The number of likely N-dealkylation sites (N-methyl/N-ethyl adjacent to an activating group) is 1. The Morgan fingerprint density at radius 2 is 2.33 bits per heavy atom. The first-order valence-corrected chi connectivity index (χ1v) is 4.90. The Labute approximate surface area is 89.6 Å². The maximum atomic E-state index is 11.6. The maximum absolute atomic E-state index is 11.6. The minimum absolute atomic E-state index is 0.0105. The molecule has 1 heterocycles. The van der Waals surface area contributed by atoms with Crippen molar-refractivity contribution in [3.63, 3.8) is 0 Å². The molecule has 4 heteroatoms. The summed E-state index contributed by atoms with van der Waals surface area (Å²) in [5.74, 6) is -0.0224. The van der Waals surface area contributed by atoms with Gasteiger partial charge in [-0.1, -0.05) is 6.07 Å². The number of pyridine rings is 1. The molecule has 1 aromatic rings. The standard InChI is InChI=1S/C11H16N2O2/c1-9-4-3-5-12-10(9)8-11(15)13(2)6-7-14/h3-5,14H,6-8H2,1-2H3. The van der Waals surface area contributed by atoms with Crippen LogP contribution in [0.5, 0.6) is 0 Å². The zero-order chi connectivity index (χ0) is 11.3. The van der Waals surface area contributed by atoms with Gasteiger partial charge in [0.2, 0.25) is 5.91 Å². The molecule has 0 aliphatic rings. The van der Waals surface area contributed by atoms with E-state index in [0.717, 1.165) is 11.3 Å². The highest BCUT2D eigenvalue weighted by Crippen LogP contribution is 2.05. The van der Waals surface area contributed by atoms with Crippen molar-refractivity contribution in [3.8, 4) is 0 Å². The summed E-state index contributed by atoms with van der Waals surface area (Å²) in [5, 5.41) is 8.70. The summed E-state index contributed by atoms with van der Waals surface area (Å²) in [6.07, 6.45) is 1.98. The van der Waals surface area contributed by atoms with Crippen molar-refractivity contribution in [2.75, 3.05) is 20.2 Å². The van der Waals surface area contributed by atoms with Gasteiger partial charge in [-0.2, -0.15) is 0 Å². The average Bonchev–Trinajstić information content (AvgIpc) is 2.21. The number of carbonyl (C=O) groups excluding carboxylic acids is 1. The lowest BCUT2D eigenvalue weighted by Crippen LogP contribution is -2.31. The first-order valence-electron chi connectivity index (χ1n) is 4.90. The van der Waals surface area contributed by atoms with Gasteiger partial charge >= 0.3 is 0 Å². The molecule has 1 rings (SSSR count). The third-order valence-electron chi connectivity index (χ3n) is 2.30. The van der Waals surface area contributed by atoms with E-state index in [1.54, 1.807) is 13.2 Å². The van der Waals surface area contributed by atoms with Crippen LogP contribution in [0.15, 0.2) is 18.3 Å². The summed E-state index contributed by atoms with van der Waals surface area (Å²) in [4.78, 5) is 17.3. The topological polar surface area (TPSA) is 53.4 Å². The van der Waals surface area contributed by atoms with Crippen LogP contribution in [0.3, 0.4) is 0 Å². The molecule has 82 valence electrons. The summed E-state index contributed by atoms with van der Waals surface area (Å²) in [5.41, 5.74) is 1.82. The molecule has 0 bridgehead atoms. The molecule has 0 saturated carbocycles. The fourth-order valence-electron chi connectivity index (χ4n) is 1.26. The number of aromatic nitrogens is 1. The molecular weight excluding hydrogens is 192 g/mol. The lowest BCUT2D eigenvalue weighted by Gasteiger charge is -2.15. The lowest BCUT2D eigenvalue weighted by atomic mass is 10.1. The second-order valence-electron chi connectivity index (χ2n) is 3.48. The van der Waals surface area contributed by atoms with Crippen LogP contribution in [0, 0.1) is 6.92 Å².